The standard InChI is InChI=1S/C9H22S/c1-7(2)10(8(3)4)9(5)6/h7-10H,1-6H3. The summed E-state index contributed by atoms with van der Waals surface area (Å²) in [7, 11) is 0.262. The Bertz CT molecular complexity index is 65.7. The number of hydrogen-bond acceptors (Lipinski definition) is 0. The minimum Gasteiger partial charge on any atom is -0.247 e. The van der Waals surface area contributed by atoms with E-state index < -0.39 is 0 Å². The van der Waals surface area contributed by atoms with Gasteiger partial charge in [0, 0.05) is 0 Å². The first-order chi connectivity index (χ1) is 4.46. The van der Waals surface area contributed by atoms with Gasteiger partial charge in [-0.3, -0.25) is 0 Å². The van der Waals surface area contributed by atoms with Crippen molar-refractivity contribution in [2.24, 2.45) is 0 Å². The second-order valence-corrected chi connectivity index (χ2v) is 7.72. The van der Waals surface area contributed by atoms with Crippen molar-refractivity contribution in [1.82, 2.24) is 0 Å². The Labute approximate surface area is 68.7 Å². The quantitative estimate of drug-likeness (QED) is 0.605. The maximum Gasteiger partial charge on any atom is -0.0189 e. The van der Waals surface area contributed by atoms with Crippen molar-refractivity contribution in [2.75, 3.05) is 0 Å². The normalized spacial score (nSPS) is 13.5. The van der Waals surface area contributed by atoms with E-state index in [0.717, 1.165) is 15.7 Å². The summed E-state index contributed by atoms with van der Waals surface area (Å²) in [4.78, 5) is 0. The maximum atomic E-state index is 2.35. The van der Waals surface area contributed by atoms with E-state index in [-0.39, 0.29) is 10.9 Å². The van der Waals surface area contributed by atoms with E-state index in [9.17, 15) is 0 Å². The smallest absolute Gasteiger partial charge is 0.0189 e. The van der Waals surface area contributed by atoms with Gasteiger partial charge in [0.1, 0.15) is 0 Å². The van der Waals surface area contributed by atoms with E-state index in [1.807, 2.05) is 0 Å². The molecule has 0 N–H and O–H groups in total. The van der Waals surface area contributed by atoms with Crippen LogP contribution in [-0.2, 0) is 0 Å². The van der Waals surface area contributed by atoms with E-state index in [1.165, 1.54) is 0 Å². The Balaban J connectivity index is 3.98. The molecule has 0 atom stereocenters. The summed E-state index contributed by atoms with van der Waals surface area (Å²) in [5, 5.41) is 2.69. The highest BCUT2D eigenvalue weighted by Crippen LogP contribution is 2.40. The lowest BCUT2D eigenvalue weighted by molar-refractivity contribution is 0.973. The molecule has 0 aromatic heterocycles. The summed E-state index contributed by atoms with van der Waals surface area (Å²) < 4.78 is 0. The van der Waals surface area contributed by atoms with Gasteiger partial charge in [0.15, 0.2) is 0 Å². The molecule has 0 rings (SSSR count). The van der Waals surface area contributed by atoms with Crippen molar-refractivity contribution >= 4 is 10.9 Å². The van der Waals surface area contributed by atoms with Crippen LogP contribution in [0.3, 0.4) is 0 Å². The van der Waals surface area contributed by atoms with Gasteiger partial charge in [-0.25, -0.2) is 10.9 Å². The Morgan fingerprint density at radius 3 is 0.800 bits per heavy atom. The Morgan fingerprint density at radius 1 is 0.600 bits per heavy atom. The van der Waals surface area contributed by atoms with E-state index in [0.29, 0.717) is 0 Å². The zero-order valence-electron chi connectivity index (χ0n) is 8.18. The van der Waals surface area contributed by atoms with Gasteiger partial charge in [-0.2, -0.15) is 0 Å². The molecule has 0 aliphatic heterocycles. The molecule has 0 spiro atoms. The molecule has 0 heterocycles. The van der Waals surface area contributed by atoms with Gasteiger partial charge < -0.3 is 0 Å². The fourth-order valence-corrected chi connectivity index (χ4v) is 5.37. The molecule has 1 heteroatoms. The van der Waals surface area contributed by atoms with Crippen LogP contribution in [0.15, 0.2) is 0 Å². The molecule has 0 saturated carbocycles. The van der Waals surface area contributed by atoms with E-state index in [4.69, 9.17) is 0 Å². The van der Waals surface area contributed by atoms with Crippen LogP contribution < -0.4 is 0 Å². The summed E-state index contributed by atoms with van der Waals surface area (Å²) in [5.74, 6) is 0. The average molecular weight is 162 g/mol. The number of thiol groups is 1. The third kappa shape index (κ3) is 2.96. The van der Waals surface area contributed by atoms with Crippen molar-refractivity contribution < 1.29 is 0 Å². The fourth-order valence-electron chi connectivity index (χ4n) is 1.79. The van der Waals surface area contributed by atoms with Gasteiger partial charge in [0.05, 0.1) is 0 Å². The van der Waals surface area contributed by atoms with Crippen LogP contribution in [0.25, 0.3) is 0 Å². The molecule has 0 aliphatic rings. The lowest BCUT2D eigenvalue weighted by Crippen LogP contribution is -2.15. The predicted molar refractivity (Wildman–Crippen MR) is 54.4 cm³/mol. The van der Waals surface area contributed by atoms with Crippen LogP contribution in [0, 0.1) is 0 Å². The first-order valence-electron chi connectivity index (χ1n) is 4.24. The molecule has 0 fully saturated rings. The second-order valence-electron chi connectivity index (χ2n) is 3.73. The summed E-state index contributed by atoms with van der Waals surface area (Å²) in [6.07, 6.45) is 0. The van der Waals surface area contributed by atoms with Crippen LogP contribution >= 0.6 is 10.9 Å². The fraction of sp³-hybridized carbons (Fsp3) is 1.00. The molecular weight excluding hydrogens is 140 g/mol. The van der Waals surface area contributed by atoms with Gasteiger partial charge >= 0.3 is 0 Å². The van der Waals surface area contributed by atoms with Crippen molar-refractivity contribution in [3.05, 3.63) is 0 Å². The van der Waals surface area contributed by atoms with Crippen LogP contribution in [0.2, 0.25) is 0 Å². The van der Waals surface area contributed by atoms with Crippen molar-refractivity contribution in [3.63, 3.8) is 0 Å². The molecule has 0 bridgehead atoms. The summed E-state index contributed by atoms with van der Waals surface area (Å²) in [6, 6.07) is 0. The third-order valence-corrected chi connectivity index (χ3v) is 5.37. The molecule has 0 aliphatic carbocycles. The summed E-state index contributed by atoms with van der Waals surface area (Å²) in [5.41, 5.74) is 0. The first-order valence-corrected chi connectivity index (χ1v) is 5.79. The maximum absolute atomic E-state index is 2.35. The molecule has 0 unspecified atom stereocenters. The topological polar surface area (TPSA) is 0 Å². The van der Waals surface area contributed by atoms with Crippen molar-refractivity contribution in [2.45, 2.75) is 57.3 Å². The molecule has 0 aromatic carbocycles. The first kappa shape index (κ1) is 10.3. The number of rotatable bonds is 3. The van der Waals surface area contributed by atoms with Gasteiger partial charge in [0.2, 0.25) is 0 Å². The zero-order chi connectivity index (χ0) is 8.31. The SMILES string of the molecule is CC(C)[SH](C(C)C)C(C)C. The van der Waals surface area contributed by atoms with E-state index in [2.05, 4.69) is 41.5 Å². The Kier molecular flexibility index (Phi) is 4.42. The number of hydrogen-bond donors (Lipinski definition) is 1. The monoisotopic (exact) mass is 162 g/mol. The van der Waals surface area contributed by atoms with E-state index >= 15 is 0 Å². The molecule has 0 saturated heterocycles. The minimum atomic E-state index is 0.262. The lowest BCUT2D eigenvalue weighted by atomic mass is 10.5. The highest BCUT2D eigenvalue weighted by Gasteiger charge is 2.15. The molecular formula is C9H22S. The van der Waals surface area contributed by atoms with Crippen LogP contribution in [0.4, 0.5) is 0 Å². The van der Waals surface area contributed by atoms with E-state index in [1.54, 1.807) is 0 Å². The molecule has 64 valence electrons. The highest BCUT2D eigenvalue weighted by atomic mass is 32.2. The average Bonchev–Trinajstić information content (AvgIpc) is 1.59. The minimum absolute atomic E-state index is 0.262. The van der Waals surface area contributed by atoms with Crippen LogP contribution in [0.1, 0.15) is 41.5 Å². The predicted octanol–water partition coefficient (Wildman–Crippen LogP) is 3.21. The Morgan fingerprint density at radius 2 is 0.800 bits per heavy atom. The van der Waals surface area contributed by atoms with Gasteiger partial charge in [-0.1, -0.05) is 41.5 Å². The van der Waals surface area contributed by atoms with Crippen molar-refractivity contribution in [3.8, 4) is 0 Å². The van der Waals surface area contributed by atoms with Crippen LogP contribution in [0.5, 0.6) is 0 Å². The molecule has 10 heavy (non-hydrogen) atoms. The van der Waals surface area contributed by atoms with Gasteiger partial charge in [-0.15, -0.1) is 0 Å². The van der Waals surface area contributed by atoms with Gasteiger partial charge in [0.25, 0.3) is 0 Å². The third-order valence-electron chi connectivity index (χ3n) is 1.79. The van der Waals surface area contributed by atoms with Gasteiger partial charge in [-0.05, 0) is 15.7 Å². The Hall–Kier alpha value is 0.350. The largest absolute Gasteiger partial charge is 0.247 e. The summed E-state index contributed by atoms with van der Waals surface area (Å²) in [6.45, 7) is 14.1. The molecule has 0 nitrogen and oxygen atoms in total. The van der Waals surface area contributed by atoms with Crippen molar-refractivity contribution in [1.29, 1.82) is 0 Å². The zero-order valence-corrected chi connectivity index (χ0v) is 9.07. The molecule has 0 aromatic rings. The van der Waals surface area contributed by atoms with Crippen LogP contribution in [-0.4, -0.2) is 15.7 Å². The summed E-state index contributed by atoms with van der Waals surface area (Å²) >= 11 is 0. The highest BCUT2D eigenvalue weighted by molar-refractivity contribution is 8.18. The molecule has 0 radical (unpaired) electrons. The lowest BCUT2D eigenvalue weighted by Gasteiger charge is -2.33. The molecule has 0 amide bonds. The second kappa shape index (κ2) is 4.27.